The zero-order chi connectivity index (χ0) is 14.0. The molecule has 0 spiro atoms. The fourth-order valence-electron chi connectivity index (χ4n) is 2.33. The second-order valence-corrected chi connectivity index (χ2v) is 5.36. The lowest BCUT2D eigenvalue weighted by atomic mass is 9.78. The first-order valence-corrected chi connectivity index (χ1v) is 6.40. The standard InChI is InChI=1S/C14H20N2O3/c1-14(2)11-4-3-5-12(15-6-9(18)8-17)10(11)7-16-13(14)19/h3-5,9,15,17-18H,6-8H2,1-2H3,(H,16,19). The molecule has 1 aliphatic heterocycles. The number of aliphatic hydroxyl groups excluding tert-OH is 2. The van der Waals surface area contributed by atoms with Gasteiger partial charge in [-0.3, -0.25) is 4.79 Å². The summed E-state index contributed by atoms with van der Waals surface area (Å²) >= 11 is 0. The molecule has 0 bridgehead atoms. The molecule has 0 saturated carbocycles. The molecule has 1 atom stereocenters. The van der Waals surface area contributed by atoms with Gasteiger partial charge in [0.05, 0.1) is 18.1 Å². The number of amides is 1. The van der Waals surface area contributed by atoms with Crippen LogP contribution >= 0.6 is 0 Å². The predicted octanol–water partition coefficient (Wildman–Crippen LogP) is 0.359. The van der Waals surface area contributed by atoms with Crippen LogP contribution in [0.5, 0.6) is 0 Å². The molecule has 0 radical (unpaired) electrons. The third-order valence-electron chi connectivity index (χ3n) is 3.58. The quantitative estimate of drug-likeness (QED) is 0.633. The van der Waals surface area contributed by atoms with Crippen LogP contribution in [0.15, 0.2) is 18.2 Å². The average Bonchev–Trinajstić information content (AvgIpc) is 2.40. The number of rotatable bonds is 4. The van der Waals surface area contributed by atoms with Crippen LogP contribution in [0, 0.1) is 0 Å². The molecule has 0 saturated heterocycles. The highest BCUT2D eigenvalue weighted by Crippen LogP contribution is 2.34. The molecule has 5 heteroatoms. The Morgan fingerprint density at radius 2 is 2.21 bits per heavy atom. The molecule has 1 amide bonds. The Balaban J connectivity index is 2.29. The van der Waals surface area contributed by atoms with Gasteiger partial charge in [0.1, 0.15) is 0 Å². The van der Waals surface area contributed by atoms with Crippen LogP contribution in [0.25, 0.3) is 0 Å². The van der Waals surface area contributed by atoms with Crippen molar-refractivity contribution >= 4 is 11.6 Å². The van der Waals surface area contributed by atoms with Crippen molar-refractivity contribution in [1.29, 1.82) is 0 Å². The molecule has 0 aliphatic carbocycles. The highest BCUT2D eigenvalue weighted by Gasteiger charge is 2.36. The number of fused-ring (bicyclic) bond motifs is 1. The van der Waals surface area contributed by atoms with Crippen LogP contribution in [-0.4, -0.2) is 35.4 Å². The highest BCUT2D eigenvalue weighted by atomic mass is 16.3. The van der Waals surface area contributed by atoms with Gasteiger partial charge < -0.3 is 20.8 Å². The van der Waals surface area contributed by atoms with E-state index < -0.39 is 11.5 Å². The first-order chi connectivity index (χ1) is 8.96. The minimum absolute atomic E-state index is 0.0209. The van der Waals surface area contributed by atoms with Gasteiger partial charge in [0.2, 0.25) is 5.91 Å². The molecule has 1 unspecified atom stereocenters. The molecule has 19 heavy (non-hydrogen) atoms. The lowest BCUT2D eigenvalue weighted by Crippen LogP contribution is -2.45. The molecule has 2 rings (SSSR count). The number of anilines is 1. The minimum atomic E-state index is -0.790. The number of aliphatic hydroxyl groups is 2. The molecule has 5 nitrogen and oxygen atoms in total. The minimum Gasteiger partial charge on any atom is -0.394 e. The number of carbonyl (C=O) groups excluding carboxylic acids is 1. The van der Waals surface area contributed by atoms with Crippen molar-refractivity contribution in [1.82, 2.24) is 5.32 Å². The summed E-state index contributed by atoms with van der Waals surface area (Å²) < 4.78 is 0. The average molecular weight is 264 g/mol. The van der Waals surface area contributed by atoms with Gasteiger partial charge in [0, 0.05) is 18.8 Å². The molecule has 0 fully saturated rings. The van der Waals surface area contributed by atoms with Crippen molar-refractivity contribution in [2.75, 3.05) is 18.5 Å². The SMILES string of the molecule is CC1(C)C(=O)NCc2c(NCC(O)CO)cccc21. The van der Waals surface area contributed by atoms with E-state index in [0.717, 1.165) is 16.8 Å². The maximum atomic E-state index is 11.9. The fraction of sp³-hybridized carbons (Fsp3) is 0.500. The number of benzene rings is 1. The lowest BCUT2D eigenvalue weighted by molar-refractivity contribution is -0.126. The second-order valence-electron chi connectivity index (χ2n) is 5.36. The molecule has 4 N–H and O–H groups in total. The highest BCUT2D eigenvalue weighted by molar-refractivity contribution is 5.90. The molecule has 1 heterocycles. The zero-order valence-corrected chi connectivity index (χ0v) is 11.2. The first-order valence-electron chi connectivity index (χ1n) is 6.40. The van der Waals surface area contributed by atoms with E-state index in [2.05, 4.69) is 10.6 Å². The lowest BCUT2D eigenvalue weighted by Gasteiger charge is -2.33. The maximum Gasteiger partial charge on any atom is 0.230 e. The molecule has 1 aliphatic rings. The van der Waals surface area contributed by atoms with Gasteiger partial charge in [0.15, 0.2) is 0 Å². The summed E-state index contributed by atoms with van der Waals surface area (Å²) in [6, 6.07) is 5.77. The van der Waals surface area contributed by atoms with Crippen LogP contribution in [0.1, 0.15) is 25.0 Å². The van der Waals surface area contributed by atoms with Crippen molar-refractivity contribution < 1.29 is 15.0 Å². The molecular weight excluding hydrogens is 244 g/mol. The molecular formula is C14H20N2O3. The van der Waals surface area contributed by atoms with Gasteiger partial charge in [-0.15, -0.1) is 0 Å². The van der Waals surface area contributed by atoms with E-state index in [1.807, 2.05) is 32.0 Å². The third kappa shape index (κ3) is 2.57. The van der Waals surface area contributed by atoms with E-state index in [9.17, 15) is 9.90 Å². The van der Waals surface area contributed by atoms with Crippen LogP contribution in [0.2, 0.25) is 0 Å². The van der Waals surface area contributed by atoms with E-state index in [4.69, 9.17) is 5.11 Å². The fourth-order valence-corrected chi connectivity index (χ4v) is 2.33. The number of nitrogens with one attached hydrogen (secondary N) is 2. The summed E-state index contributed by atoms with van der Waals surface area (Å²) in [6.07, 6.45) is -0.790. The largest absolute Gasteiger partial charge is 0.394 e. The summed E-state index contributed by atoms with van der Waals surface area (Å²) in [5.74, 6) is 0.0209. The molecule has 0 aromatic heterocycles. The maximum absolute atomic E-state index is 11.9. The van der Waals surface area contributed by atoms with Crippen molar-refractivity contribution in [2.45, 2.75) is 31.9 Å². The van der Waals surface area contributed by atoms with Gasteiger partial charge in [-0.05, 0) is 31.0 Å². The van der Waals surface area contributed by atoms with Gasteiger partial charge in [0.25, 0.3) is 0 Å². The Kier molecular flexibility index (Phi) is 3.78. The van der Waals surface area contributed by atoms with Crippen molar-refractivity contribution in [2.24, 2.45) is 0 Å². The molecule has 104 valence electrons. The Labute approximate surface area is 112 Å². The zero-order valence-electron chi connectivity index (χ0n) is 11.2. The third-order valence-corrected chi connectivity index (χ3v) is 3.58. The van der Waals surface area contributed by atoms with Gasteiger partial charge in [-0.1, -0.05) is 12.1 Å². The predicted molar refractivity (Wildman–Crippen MR) is 72.9 cm³/mol. The Hall–Kier alpha value is -1.59. The van der Waals surface area contributed by atoms with E-state index in [-0.39, 0.29) is 19.1 Å². The normalized spacial score (nSPS) is 18.4. The summed E-state index contributed by atoms with van der Waals surface area (Å²) in [6.45, 7) is 4.28. The summed E-state index contributed by atoms with van der Waals surface area (Å²) in [5, 5.41) is 24.2. The summed E-state index contributed by atoms with van der Waals surface area (Å²) in [7, 11) is 0. The second kappa shape index (κ2) is 5.19. The van der Waals surface area contributed by atoms with E-state index in [1.54, 1.807) is 0 Å². The van der Waals surface area contributed by atoms with E-state index in [1.165, 1.54) is 0 Å². The number of hydrogen-bond acceptors (Lipinski definition) is 4. The van der Waals surface area contributed by atoms with Crippen molar-refractivity contribution in [3.63, 3.8) is 0 Å². The van der Waals surface area contributed by atoms with Crippen LogP contribution in [0.3, 0.4) is 0 Å². The molecule has 1 aromatic carbocycles. The Morgan fingerprint density at radius 1 is 1.47 bits per heavy atom. The Bertz CT molecular complexity index is 486. The van der Waals surface area contributed by atoms with E-state index >= 15 is 0 Å². The number of hydrogen-bond donors (Lipinski definition) is 4. The smallest absolute Gasteiger partial charge is 0.230 e. The van der Waals surface area contributed by atoms with Gasteiger partial charge in [-0.2, -0.15) is 0 Å². The van der Waals surface area contributed by atoms with Gasteiger partial charge in [-0.25, -0.2) is 0 Å². The van der Waals surface area contributed by atoms with Crippen molar-refractivity contribution in [3.8, 4) is 0 Å². The summed E-state index contributed by atoms with van der Waals surface area (Å²) in [4.78, 5) is 11.9. The first kappa shape index (κ1) is 13.8. The van der Waals surface area contributed by atoms with E-state index in [0.29, 0.717) is 6.54 Å². The van der Waals surface area contributed by atoms with Crippen LogP contribution in [0.4, 0.5) is 5.69 Å². The van der Waals surface area contributed by atoms with Crippen LogP contribution < -0.4 is 10.6 Å². The Morgan fingerprint density at radius 3 is 2.89 bits per heavy atom. The summed E-state index contributed by atoms with van der Waals surface area (Å²) in [5.41, 5.74) is 2.37. The molecule has 1 aromatic rings. The monoisotopic (exact) mass is 264 g/mol. The number of carbonyl (C=O) groups is 1. The van der Waals surface area contributed by atoms with Crippen molar-refractivity contribution in [3.05, 3.63) is 29.3 Å². The van der Waals surface area contributed by atoms with Crippen LogP contribution in [-0.2, 0) is 16.8 Å². The van der Waals surface area contributed by atoms with Gasteiger partial charge >= 0.3 is 0 Å². The topological polar surface area (TPSA) is 81.6 Å².